The molecular weight excluding hydrogens is 248 g/mol. The maximum atomic E-state index is 12.8. The summed E-state index contributed by atoms with van der Waals surface area (Å²) in [6.07, 6.45) is 5.22. The van der Waals surface area contributed by atoms with Gasteiger partial charge in [0.1, 0.15) is 0 Å². The van der Waals surface area contributed by atoms with Gasteiger partial charge in [-0.15, -0.1) is 0 Å². The van der Waals surface area contributed by atoms with E-state index in [-0.39, 0.29) is 12.2 Å². The summed E-state index contributed by atoms with van der Waals surface area (Å²) in [5.74, 6) is 2.81. The Morgan fingerprint density at radius 2 is 2.00 bits per heavy atom. The fourth-order valence-electron chi connectivity index (χ4n) is 3.83. The van der Waals surface area contributed by atoms with Crippen molar-refractivity contribution in [1.29, 1.82) is 0 Å². The fraction of sp³-hybridized carbons (Fsp3) is 0.941. The fourth-order valence-corrected chi connectivity index (χ4v) is 3.83. The van der Waals surface area contributed by atoms with E-state index in [2.05, 4.69) is 44.8 Å². The van der Waals surface area contributed by atoms with Crippen LogP contribution in [-0.4, -0.2) is 29.6 Å². The van der Waals surface area contributed by atoms with Gasteiger partial charge in [-0.3, -0.25) is 10.1 Å². The second-order valence-corrected chi connectivity index (χ2v) is 7.49. The smallest absolute Gasteiger partial charge is 0.241 e. The van der Waals surface area contributed by atoms with Gasteiger partial charge in [-0.25, -0.2) is 0 Å². The quantitative estimate of drug-likeness (QED) is 0.838. The van der Waals surface area contributed by atoms with Crippen LogP contribution in [0.5, 0.6) is 0 Å². The average molecular weight is 280 g/mol. The summed E-state index contributed by atoms with van der Waals surface area (Å²) in [7, 11) is 0. The van der Waals surface area contributed by atoms with E-state index in [0.29, 0.717) is 23.7 Å². The normalized spacial score (nSPS) is 36.1. The molecule has 1 aliphatic carbocycles. The zero-order chi connectivity index (χ0) is 14.9. The summed E-state index contributed by atoms with van der Waals surface area (Å²) in [6.45, 7) is 12.1. The number of hydrogen-bond acceptors (Lipinski definition) is 2. The van der Waals surface area contributed by atoms with Crippen LogP contribution in [0.3, 0.4) is 0 Å². The van der Waals surface area contributed by atoms with E-state index in [1.54, 1.807) is 0 Å². The summed E-state index contributed by atoms with van der Waals surface area (Å²) < 4.78 is 0. The monoisotopic (exact) mass is 280 g/mol. The Hall–Kier alpha value is -0.570. The van der Waals surface area contributed by atoms with Gasteiger partial charge in [0.15, 0.2) is 0 Å². The summed E-state index contributed by atoms with van der Waals surface area (Å²) in [5, 5.41) is 3.60. The summed E-state index contributed by atoms with van der Waals surface area (Å²) >= 11 is 0. The Labute approximate surface area is 124 Å². The topological polar surface area (TPSA) is 32.3 Å². The Bertz CT molecular complexity index is 342. The first-order valence-corrected chi connectivity index (χ1v) is 8.50. The molecule has 0 aromatic carbocycles. The number of nitrogens with zero attached hydrogens (tertiary/aromatic N) is 1. The first-order valence-electron chi connectivity index (χ1n) is 8.50. The van der Waals surface area contributed by atoms with Gasteiger partial charge in [-0.05, 0) is 36.5 Å². The van der Waals surface area contributed by atoms with Gasteiger partial charge in [0, 0.05) is 6.54 Å². The van der Waals surface area contributed by atoms with Gasteiger partial charge in [0.05, 0.1) is 12.2 Å². The predicted molar refractivity (Wildman–Crippen MR) is 83.2 cm³/mol. The van der Waals surface area contributed by atoms with Crippen molar-refractivity contribution < 1.29 is 4.79 Å². The molecule has 20 heavy (non-hydrogen) atoms. The molecule has 0 radical (unpaired) electrons. The van der Waals surface area contributed by atoms with Crippen molar-refractivity contribution in [1.82, 2.24) is 10.2 Å². The van der Waals surface area contributed by atoms with Crippen molar-refractivity contribution in [3.05, 3.63) is 0 Å². The van der Waals surface area contributed by atoms with Crippen molar-refractivity contribution in [3.63, 3.8) is 0 Å². The van der Waals surface area contributed by atoms with Gasteiger partial charge < -0.3 is 4.90 Å². The van der Waals surface area contributed by atoms with Crippen molar-refractivity contribution in [2.45, 2.75) is 72.5 Å². The molecule has 0 aromatic rings. The van der Waals surface area contributed by atoms with E-state index in [0.717, 1.165) is 18.9 Å². The van der Waals surface area contributed by atoms with Gasteiger partial charge in [-0.1, -0.05) is 47.5 Å². The molecule has 2 fully saturated rings. The van der Waals surface area contributed by atoms with Gasteiger partial charge in [0.25, 0.3) is 0 Å². The minimum atomic E-state index is 0.0335. The molecule has 0 bridgehead atoms. The van der Waals surface area contributed by atoms with E-state index in [1.807, 2.05) is 0 Å². The standard InChI is InChI=1S/C17H32N2O/c1-6-13(5)15-17(20)19(16(18-15)11(2)3)10-14-8-7-12(4)9-14/h11-16,18H,6-10H2,1-5H3. The maximum Gasteiger partial charge on any atom is 0.241 e. The molecule has 0 spiro atoms. The molecule has 1 saturated carbocycles. The van der Waals surface area contributed by atoms with E-state index in [9.17, 15) is 4.79 Å². The van der Waals surface area contributed by atoms with Crippen LogP contribution in [-0.2, 0) is 4.79 Å². The highest BCUT2D eigenvalue weighted by atomic mass is 16.2. The molecule has 2 rings (SSSR count). The van der Waals surface area contributed by atoms with E-state index < -0.39 is 0 Å². The third kappa shape index (κ3) is 3.19. The minimum absolute atomic E-state index is 0.0335. The largest absolute Gasteiger partial charge is 0.325 e. The highest BCUT2D eigenvalue weighted by Crippen LogP contribution is 2.33. The lowest BCUT2D eigenvalue weighted by molar-refractivity contribution is -0.132. The Morgan fingerprint density at radius 3 is 2.50 bits per heavy atom. The van der Waals surface area contributed by atoms with E-state index >= 15 is 0 Å². The molecule has 1 saturated heterocycles. The second kappa shape index (κ2) is 6.46. The molecule has 3 heteroatoms. The molecule has 1 aliphatic heterocycles. The van der Waals surface area contributed by atoms with Crippen molar-refractivity contribution in [2.24, 2.45) is 23.7 Å². The molecule has 1 heterocycles. The van der Waals surface area contributed by atoms with Crippen LogP contribution in [0.2, 0.25) is 0 Å². The molecule has 5 atom stereocenters. The number of rotatable bonds is 5. The molecule has 2 aliphatic rings. The third-order valence-electron chi connectivity index (χ3n) is 5.34. The van der Waals surface area contributed by atoms with Crippen LogP contribution in [0.15, 0.2) is 0 Å². The Kier molecular flexibility index (Phi) is 5.11. The molecule has 3 nitrogen and oxygen atoms in total. The second-order valence-electron chi connectivity index (χ2n) is 7.49. The number of amides is 1. The van der Waals surface area contributed by atoms with Gasteiger partial charge >= 0.3 is 0 Å². The van der Waals surface area contributed by atoms with Crippen LogP contribution in [0.4, 0.5) is 0 Å². The summed E-state index contributed by atoms with van der Waals surface area (Å²) in [6, 6.07) is 0.0335. The molecule has 1 N–H and O–H groups in total. The number of hydrogen-bond donors (Lipinski definition) is 1. The maximum absolute atomic E-state index is 12.8. The number of nitrogens with one attached hydrogen (secondary N) is 1. The molecule has 5 unspecified atom stereocenters. The summed E-state index contributed by atoms with van der Waals surface area (Å²) in [4.78, 5) is 14.9. The predicted octanol–water partition coefficient (Wildman–Crippen LogP) is 3.25. The summed E-state index contributed by atoms with van der Waals surface area (Å²) in [5.41, 5.74) is 0. The first kappa shape index (κ1) is 15.8. The third-order valence-corrected chi connectivity index (χ3v) is 5.34. The van der Waals surface area contributed by atoms with Crippen LogP contribution in [0, 0.1) is 23.7 Å². The van der Waals surface area contributed by atoms with E-state index in [1.165, 1.54) is 19.3 Å². The Morgan fingerprint density at radius 1 is 1.30 bits per heavy atom. The van der Waals surface area contributed by atoms with Crippen molar-refractivity contribution in [3.8, 4) is 0 Å². The SMILES string of the molecule is CCC(C)C1NC(C(C)C)N(CC2CCC(C)C2)C1=O. The number of carbonyl (C=O) groups excluding carboxylic acids is 1. The lowest BCUT2D eigenvalue weighted by atomic mass is 9.99. The van der Waals surface area contributed by atoms with Crippen LogP contribution >= 0.6 is 0 Å². The molecule has 0 aromatic heterocycles. The molecule has 116 valence electrons. The van der Waals surface area contributed by atoms with Gasteiger partial charge in [-0.2, -0.15) is 0 Å². The lowest BCUT2D eigenvalue weighted by Gasteiger charge is -2.29. The van der Waals surface area contributed by atoms with Crippen molar-refractivity contribution >= 4 is 5.91 Å². The van der Waals surface area contributed by atoms with Crippen LogP contribution < -0.4 is 5.32 Å². The van der Waals surface area contributed by atoms with Crippen LogP contribution in [0.1, 0.15) is 60.3 Å². The number of carbonyl (C=O) groups is 1. The average Bonchev–Trinajstić information content (AvgIpc) is 2.94. The van der Waals surface area contributed by atoms with Crippen molar-refractivity contribution in [2.75, 3.05) is 6.54 Å². The highest BCUT2D eigenvalue weighted by Gasteiger charge is 2.43. The molecule has 1 amide bonds. The van der Waals surface area contributed by atoms with Gasteiger partial charge in [0.2, 0.25) is 5.91 Å². The van der Waals surface area contributed by atoms with E-state index in [4.69, 9.17) is 0 Å². The lowest BCUT2D eigenvalue weighted by Crippen LogP contribution is -2.43. The first-order chi connectivity index (χ1) is 9.43. The highest BCUT2D eigenvalue weighted by molar-refractivity contribution is 5.84. The zero-order valence-corrected chi connectivity index (χ0v) is 13.9. The minimum Gasteiger partial charge on any atom is -0.325 e. The zero-order valence-electron chi connectivity index (χ0n) is 13.9. The molecular formula is C17H32N2O. The van der Waals surface area contributed by atoms with Crippen LogP contribution in [0.25, 0.3) is 0 Å². The Balaban J connectivity index is 2.05.